The maximum Gasteiger partial charge on any atom is 0.339 e. The van der Waals surface area contributed by atoms with Crippen LogP contribution in [0.25, 0.3) is 0 Å². The summed E-state index contributed by atoms with van der Waals surface area (Å²) in [6.45, 7) is 0.0667. The van der Waals surface area contributed by atoms with E-state index in [1.165, 1.54) is 36.4 Å². The Morgan fingerprint density at radius 3 is 2.33 bits per heavy atom. The van der Waals surface area contributed by atoms with Gasteiger partial charge >= 0.3 is 5.97 Å². The zero-order chi connectivity index (χ0) is 17.7. The summed E-state index contributed by atoms with van der Waals surface area (Å²) in [5, 5.41) is 5.61. The molecule has 2 aromatic rings. The summed E-state index contributed by atoms with van der Waals surface area (Å²) < 4.78 is 32.6. The Bertz CT molecular complexity index is 837. The first-order chi connectivity index (χ1) is 11.3. The van der Waals surface area contributed by atoms with Gasteiger partial charge < -0.3 is 9.47 Å². The number of carbonyl (C=O) groups excluding carboxylic acids is 1. The SMILES string of the molecule is NS(=O)(=O)c1ccc(OCCOC(=O)c2cc(Cl)ccc2Cl)cc1. The van der Waals surface area contributed by atoms with Gasteiger partial charge in [0.25, 0.3) is 0 Å². The van der Waals surface area contributed by atoms with Gasteiger partial charge in [-0.25, -0.2) is 18.4 Å². The molecule has 0 amide bonds. The number of hydrogen-bond acceptors (Lipinski definition) is 5. The topological polar surface area (TPSA) is 95.7 Å². The van der Waals surface area contributed by atoms with Crippen LogP contribution in [0.15, 0.2) is 47.4 Å². The van der Waals surface area contributed by atoms with Gasteiger partial charge in [-0.1, -0.05) is 23.2 Å². The van der Waals surface area contributed by atoms with Crippen LogP contribution in [0.5, 0.6) is 5.75 Å². The lowest BCUT2D eigenvalue weighted by Crippen LogP contribution is -2.13. The van der Waals surface area contributed by atoms with Gasteiger partial charge in [0.1, 0.15) is 19.0 Å². The highest BCUT2D eigenvalue weighted by atomic mass is 35.5. The third-order valence-corrected chi connectivity index (χ3v) is 4.38. The Hall–Kier alpha value is -1.80. The second-order valence-corrected chi connectivity index (χ2v) is 7.03. The Labute approximate surface area is 149 Å². The average molecular weight is 390 g/mol. The van der Waals surface area contributed by atoms with Gasteiger partial charge in [0.15, 0.2) is 0 Å². The van der Waals surface area contributed by atoms with Crippen LogP contribution in [0, 0.1) is 0 Å². The fourth-order valence-corrected chi connectivity index (χ4v) is 2.63. The molecule has 0 saturated heterocycles. The molecule has 0 heterocycles. The maximum atomic E-state index is 11.9. The Balaban J connectivity index is 1.84. The summed E-state index contributed by atoms with van der Waals surface area (Å²) in [5.74, 6) is -0.199. The lowest BCUT2D eigenvalue weighted by molar-refractivity contribution is 0.0450. The maximum absolute atomic E-state index is 11.9. The van der Waals surface area contributed by atoms with E-state index < -0.39 is 16.0 Å². The number of benzene rings is 2. The molecule has 0 aromatic heterocycles. The fourth-order valence-electron chi connectivity index (χ4n) is 1.75. The second-order valence-electron chi connectivity index (χ2n) is 4.62. The van der Waals surface area contributed by atoms with Crippen LogP contribution in [0.2, 0.25) is 10.0 Å². The number of halogens is 2. The van der Waals surface area contributed by atoms with Gasteiger partial charge in [0, 0.05) is 5.02 Å². The third kappa shape index (κ3) is 5.10. The molecule has 0 aliphatic heterocycles. The zero-order valence-electron chi connectivity index (χ0n) is 12.2. The number of ether oxygens (including phenoxy) is 2. The molecule has 9 heteroatoms. The number of esters is 1. The van der Waals surface area contributed by atoms with Crippen molar-refractivity contribution in [3.63, 3.8) is 0 Å². The first-order valence-corrected chi connectivity index (χ1v) is 8.95. The molecule has 0 atom stereocenters. The van der Waals surface area contributed by atoms with Crippen molar-refractivity contribution in [2.75, 3.05) is 13.2 Å². The van der Waals surface area contributed by atoms with Crippen molar-refractivity contribution in [2.24, 2.45) is 5.14 Å². The molecule has 2 rings (SSSR count). The van der Waals surface area contributed by atoms with Crippen LogP contribution in [0.1, 0.15) is 10.4 Å². The Morgan fingerprint density at radius 2 is 1.71 bits per heavy atom. The van der Waals surface area contributed by atoms with Gasteiger partial charge in [-0.3, -0.25) is 0 Å². The van der Waals surface area contributed by atoms with Crippen molar-refractivity contribution >= 4 is 39.2 Å². The van der Waals surface area contributed by atoms with E-state index in [2.05, 4.69) is 0 Å². The van der Waals surface area contributed by atoms with Gasteiger partial charge in [-0.2, -0.15) is 0 Å². The van der Waals surface area contributed by atoms with Crippen LogP contribution in [0.3, 0.4) is 0 Å². The molecule has 24 heavy (non-hydrogen) atoms. The van der Waals surface area contributed by atoms with Crippen LogP contribution >= 0.6 is 23.2 Å². The van der Waals surface area contributed by atoms with Crippen molar-refractivity contribution in [3.8, 4) is 5.75 Å². The second kappa shape index (κ2) is 7.85. The molecule has 0 unspecified atom stereocenters. The van der Waals surface area contributed by atoms with Crippen LogP contribution < -0.4 is 9.88 Å². The number of rotatable bonds is 6. The predicted octanol–water partition coefficient (Wildman–Crippen LogP) is 2.88. The molecule has 6 nitrogen and oxygen atoms in total. The lowest BCUT2D eigenvalue weighted by Gasteiger charge is -2.09. The molecular formula is C15H13Cl2NO5S. The fraction of sp³-hybridized carbons (Fsp3) is 0.133. The van der Waals surface area contributed by atoms with Crippen molar-refractivity contribution in [1.29, 1.82) is 0 Å². The van der Waals surface area contributed by atoms with Crippen LogP contribution in [0.4, 0.5) is 0 Å². The van der Waals surface area contributed by atoms with Crippen LogP contribution in [-0.4, -0.2) is 27.6 Å². The summed E-state index contributed by atoms with van der Waals surface area (Å²) in [4.78, 5) is 11.9. The number of sulfonamides is 1. The molecule has 0 bridgehead atoms. The summed E-state index contributed by atoms with van der Waals surface area (Å²) >= 11 is 11.7. The van der Waals surface area contributed by atoms with Gasteiger partial charge in [-0.15, -0.1) is 0 Å². The van der Waals surface area contributed by atoms with Crippen molar-refractivity contribution in [2.45, 2.75) is 4.90 Å². The molecule has 128 valence electrons. The van der Waals surface area contributed by atoms with E-state index in [0.29, 0.717) is 10.8 Å². The molecule has 0 spiro atoms. The van der Waals surface area contributed by atoms with Crippen molar-refractivity contribution in [3.05, 3.63) is 58.1 Å². The molecule has 2 aromatic carbocycles. The average Bonchev–Trinajstić information content (AvgIpc) is 2.53. The minimum absolute atomic E-state index is 0.0153. The van der Waals surface area contributed by atoms with E-state index in [4.69, 9.17) is 37.8 Å². The number of carbonyl (C=O) groups is 1. The quantitative estimate of drug-likeness (QED) is 0.605. The Morgan fingerprint density at radius 1 is 1.04 bits per heavy atom. The van der Waals surface area contributed by atoms with Crippen molar-refractivity contribution < 1.29 is 22.7 Å². The Kier molecular flexibility index (Phi) is 6.06. The molecule has 0 aliphatic carbocycles. The minimum atomic E-state index is -3.74. The largest absolute Gasteiger partial charge is 0.490 e. The minimum Gasteiger partial charge on any atom is -0.490 e. The molecule has 0 radical (unpaired) electrons. The highest BCUT2D eigenvalue weighted by Gasteiger charge is 2.12. The van der Waals surface area contributed by atoms with Crippen molar-refractivity contribution in [1.82, 2.24) is 0 Å². The van der Waals surface area contributed by atoms with Gasteiger partial charge in [0.05, 0.1) is 15.5 Å². The number of hydrogen-bond donors (Lipinski definition) is 1. The van der Waals surface area contributed by atoms with Gasteiger partial charge in [-0.05, 0) is 42.5 Å². The van der Waals surface area contributed by atoms with E-state index in [0.717, 1.165) is 0 Å². The molecular weight excluding hydrogens is 377 g/mol. The summed E-state index contributed by atoms with van der Waals surface area (Å²) in [7, 11) is -3.74. The molecule has 0 saturated carbocycles. The first kappa shape index (κ1) is 18.5. The number of nitrogens with two attached hydrogens (primary N) is 1. The van der Waals surface area contributed by atoms with Gasteiger partial charge in [0.2, 0.25) is 10.0 Å². The highest BCUT2D eigenvalue weighted by molar-refractivity contribution is 7.89. The summed E-state index contributed by atoms with van der Waals surface area (Å²) in [6, 6.07) is 10.0. The van der Waals surface area contributed by atoms with Crippen LogP contribution in [-0.2, 0) is 14.8 Å². The van der Waals surface area contributed by atoms with E-state index in [1.54, 1.807) is 6.07 Å². The summed E-state index contributed by atoms with van der Waals surface area (Å²) in [5.41, 5.74) is 0.168. The first-order valence-electron chi connectivity index (χ1n) is 6.65. The summed E-state index contributed by atoms with van der Waals surface area (Å²) in [6.07, 6.45) is 0. The predicted molar refractivity (Wildman–Crippen MR) is 90.1 cm³/mol. The normalized spacial score (nSPS) is 11.1. The standard InChI is InChI=1S/C15H13Cl2NO5S/c16-10-1-6-14(17)13(9-10)15(19)23-8-7-22-11-2-4-12(5-3-11)24(18,20)21/h1-6,9H,7-8H2,(H2,18,20,21). The zero-order valence-corrected chi connectivity index (χ0v) is 14.6. The monoisotopic (exact) mass is 389 g/mol. The highest BCUT2D eigenvalue weighted by Crippen LogP contribution is 2.21. The van der Waals surface area contributed by atoms with E-state index >= 15 is 0 Å². The number of primary sulfonamides is 1. The molecule has 0 aliphatic rings. The molecule has 0 fully saturated rings. The van der Waals surface area contributed by atoms with E-state index in [-0.39, 0.29) is 28.7 Å². The smallest absolute Gasteiger partial charge is 0.339 e. The third-order valence-electron chi connectivity index (χ3n) is 2.89. The lowest BCUT2D eigenvalue weighted by atomic mass is 10.2. The van der Waals surface area contributed by atoms with E-state index in [9.17, 15) is 13.2 Å². The molecule has 2 N–H and O–H groups in total. The van der Waals surface area contributed by atoms with E-state index in [1.807, 2.05) is 0 Å².